The number of hydrogen-bond acceptors (Lipinski definition) is 5. The fraction of sp³-hybridized carbons (Fsp3) is 0.333. The Labute approximate surface area is 165 Å². The van der Waals surface area contributed by atoms with Crippen molar-refractivity contribution in [3.63, 3.8) is 0 Å². The Kier molecular flexibility index (Phi) is 6.94. The fourth-order valence-corrected chi connectivity index (χ4v) is 4.36. The molecule has 0 aliphatic rings. The van der Waals surface area contributed by atoms with Crippen LogP contribution >= 0.6 is 12.4 Å². The van der Waals surface area contributed by atoms with Gasteiger partial charge in [0.25, 0.3) is 0 Å². The number of halogens is 1. The zero-order valence-corrected chi connectivity index (χ0v) is 17.0. The van der Waals surface area contributed by atoms with Gasteiger partial charge in [0.15, 0.2) is 5.65 Å². The first-order valence-electron chi connectivity index (χ1n) is 8.47. The van der Waals surface area contributed by atoms with E-state index in [1.807, 2.05) is 37.3 Å². The first-order chi connectivity index (χ1) is 12.4. The highest BCUT2D eigenvalue weighted by Crippen LogP contribution is 2.23. The Morgan fingerprint density at radius 2 is 1.93 bits per heavy atom. The molecule has 0 spiro atoms. The van der Waals surface area contributed by atoms with Gasteiger partial charge in [-0.05, 0) is 31.5 Å². The number of nitrogens with two attached hydrogens (primary N) is 1. The number of aromatic nitrogens is 3. The summed E-state index contributed by atoms with van der Waals surface area (Å²) in [5, 5.41) is 5.05. The highest BCUT2D eigenvalue weighted by molar-refractivity contribution is 7.89. The van der Waals surface area contributed by atoms with Crippen LogP contribution in [0.2, 0.25) is 0 Å². The summed E-state index contributed by atoms with van der Waals surface area (Å²) in [5.74, 6) is 0. The molecule has 0 amide bonds. The Morgan fingerprint density at radius 3 is 2.59 bits per heavy atom. The molecule has 2 heterocycles. The van der Waals surface area contributed by atoms with Crippen LogP contribution in [0.15, 0.2) is 47.5 Å². The number of nitrogens with zero attached hydrogens (tertiary/aromatic N) is 4. The average Bonchev–Trinajstić information content (AvgIpc) is 2.93. The van der Waals surface area contributed by atoms with Crippen molar-refractivity contribution >= 4 is 33.5 Å². The zero-order valence-electron chi connectivity index (χ0n) is 15.4. The minimum atomic E-state index is -3.69. The molecule has 0 unspecified atom stereocenters. The summed E-state index contributed by atoms with van der Waals surface area (Å²) in [6.45, 7) is 2.93. The highest BCUT2D eigenvalue weighted by atomic mass is 35.5. The second-order valence-electron chi connectivity index (χ2n) is 6.22. The number of fused-ring (bicyclic) bond motifs is 1. The second kappa shape index (κ2) is 8.79. The molecular weight excluding hydrogens is 386 g/mol. The molecule has 0 atom stereocenters. The Bertz CT molecular complexity index is 1010. The van der Waals surface area contributed by atoms with Crippen LogP contribution in [0.3, 0.4) is 0 Å². The van der Waals surface area contributed by atoms with Crippen molar-refractivity contribution < 1.29 is 8.42 Å². The van der Waals surface area contributed by atoms with Gasteiger partial charge in [-0.2, -0.15) is 9.40 Å². The Morgan fingerprint density at radius 1 is 1.22 bits per heavy atom. The molecule has 9 heteroatoms. The van der Waals surface area contributed by atoms with E-state index in [9.17, 15) is 8.42 Å². The van der Waals surface area contributed by atoms with Gasteiger partial charge < -0.3 is 5.73 Å². The molecule has 2 N–H and O–H groups in total. The van der Waals surface area contributed by atoms with E-state index in [2.05, 4.69) is 10.1 Å². The van der Waals surface area contributed by atoms with Gasteiger partial charge in [-0.3, -0.25) is 4.68 Å². The lowest BCUT2D eigenvalue weighted by molar-refractivity contribution is 0.401. The standard InChI is InChI=1S/C18H23N5O2S.ClH/c1-14-17-11-16(12-20-18(17)22(2)21-14)26(24,25)23(10-6-9-19)13-15-7-4-3-5-8-15;/h3-5,7-8,11-12H,6,9-10,13,19H2,1-2H3;1H. The van der Waals surface area contributed by atoms with Crippen molar-refractivity contribution in [2.75, 3.05) is 13.1 Å². The van der Waals surface area contributed by atoms with Crippen LogP contribution in [0.1, 0.15) is 17.7 Å². The second-order valence-corrected chi connectivity index (χ2v) is 8.16. The number of hydrogen-bond donors (Lipinski definition) is 1. The van der Waals surface area contributed by atoms with Crippen LogP contribution in [-0.2, 0) is 23.6 Å². The van der Waals surface area contributed by atoms with E-state index in [4.69, 9.17) is 5.73 Å². The maximum absolute atomic E-state index is 13.2. The molecule has 0 radical (unpaired) electrons. The molecule has 0 aliphatic heterocycles. The predicted molar refractivity (Wildman–Crippen MR) is 108 cm³/mol. The third-order valence-electron chi connectivity index (χ3n) is 4.29. The summed E-state index contributed by atoms with van der Waals surface area (Å²) < 4.78 is 29.6. The first-order valence-corrected chi connectivity index (χ1v) is 9.91. The van der Waals surface area contributed by atoms with E-state index in [0.29, 0.717) is 31.7 Å². The molecule has 2 aromatic heterocycles. The average molecular weight is 410 g/mol. The molecule has 0 saturated carbocycles. The normalized spacial score (nSPS) is 11.7. The summed E-state index contributed by atoms with van der Waals surface area (Å²) in [6.07, 6.45) is 1.99. The first kappa shape index (κ1) is 21.3. The molecule has 1 aromatic carbocycles. The van der Waals surface area contributed by atoms with Crippen LogP contribution < -0.4 is 5.73 Å². The van der Waals surface area contributed by atoms with Gasteiger partial charge in [0.2, 0.25) is 10.0 Å². The lowest BCUT2D eigenvalue weighted by Crippen LogP contribution is -2.32. The highest BCUT2D eigenvalue weighted by Gasteiger charge is 2.25. The van der Waals surface area contributed by atoms with Gasteiger partial charge >= 0.3 is 0 Å². The molecular formula is C18H24ClN5O2S. The lowest BCUT2D eigenvalue weighted by Gasteiger charge is -2.22. The SMILES string of the molecule is Cc1nn(C)c2ncc(S(=O)(=O)N(CCCN)Cc3ccccc3)cc12.Cl. The van der Waals surface area contributed by atoms with Gasteiger partial charge in [-0.25, -0.2) is 13.4 Å². The molecule has 3 rings (SSSR count). The van der Waals surface area contributed by atoms with Crippen LogP contribution in [-0.4, -0.2) is 40.6 Å². The summed E-state index contributed by atoms with van der Waals surface area (Å²) in [5.41, 5.74) is 7.95. The van der Waals surface area contributed by atoms with Crippen molar-refractivity contribution in [1.82, 2.24) is 19.1 Å². The van der Waals surface area contributed by atoms with Crippen LogP contribution in [0.4, 0.5) is 0 Å². The van der Waals surface area contributed by atoms with Crippen LogP contribution in [0.25, 0.3) is 11.0 Å². The molecule has 3 aromatic rings. The lowest BCUT2D eigenvalue weighted by atomic mass is 10.2. The third-order valence-corrected chi connectivity index (χ3v) is 6.10. The van der Waals surface area contributed by atoms with Crippen molar-refractivity contribution in [2.24, 2.45) is 12.8 Å². The molecule has 7 nitrogen and oxygen atoms in total. The van der Waals surface area contributed by atoms with Gasteiger partial charge in [0, 0.05) is 31.7 Å². The van der Waals surface area contributed by atoms with Gasteiger partial charge in [-0.15, -0.1) is 12.4 Å². The Hall–Kier alpha value is -2.00. The third kappa shape index (κ3) is 4.47. The smallest absolute Gasteiger partial charge is 0.244 e. The monoisotopic (exact) mass is 409 g/mol. The van der Waals surface area contributed by atoms with Crippen molar-refractivity contribution in [3.8, 4) is 0 Å². The summed E-state index contributed by atoms with van der Waals surface area (Å²) in [4.78, 5) is 4.48. The van der Waals surface area contributed by atoms with Crippen molar-refractivity contribution in [1.29, 1.82) is 0 Å². The molecule has 0 bridgehead atoms. The number of pyridine rings is 1. The summed E-state index contributed by atoms with van der Waals surface area (Å²) in [6, 6.07) is 11.2. The maximum atomic E-state index is 13.2. The fourth-order valence-electron chi connectivity index (χ4n) is 2.92. The van der Waals surface area contributed by atoms with Crippen LogP contribution in [0.5, 0.6) is 0 Å². The Balaban J connectivity index is 0.00000261. The summed E-state index contributed by atoms with van der Waals surface area (Å²) in [7, 11) is -1.90. The topological polar surface area (TPSA) is 94.1 Å². The van der Waals surface area contributed by atoms with Gasteiger partial charge in [0.1, 0.15) is 4.90 Å². The van der Waals surface area contributed by atoms with E-state index in [1.165, 1.54) is 10.5 Å². The molecule has 0 fully saturated rings. The van der Waals surface area contributed by atoms with Crippen LogP contribution in [0, 0.1) is 6.92 Å². The quantitative estimate of drug-likeness (QED) is 0.645. The van der Waals surface area contributed by atoms with Crippen molar-refractivity contribution in [2.45, 2.75) is 24.8 Å². The minimum absolute atomic E-state index is 0. The van der Waals surface area contributed by atoms with E-state index >= 15 is 0 Å². The largest absolute Gasteiger partial charge is 0.330 e. The molecule has 0 aliphatic carbocycles. The zero-order chi connectivity index (χ0) is 18.7. The van der Waals surface area contributed by atoms with E-state index in [1.54, 1.807) is 17.8 Å². The number of rotatable bonds is 7. The van der Waals surface area contributed by atoms with Gasteiger partial charge in [0.05, 0.1) is 5.69 Å². The van der Waals surface area contributed by atoms with E-state index in [-0.39, 0.29) is 17.3 Å². The minimum Gasteiger partial charge on any atom is -0.330 e. The van der Waals surface area contributed by atoms with E-state index < -0.39 is 10.0 Å². The molecule has 27 heavy (non-hydrogen) atoms. The number of benzene rings is 1. The maximum Gasteiger partial charge on any atom is 0.244 e. The van der Waals surface area contributed by atoms with E-state index in [0.717, 1.165) is 16.6 Å². The number of aryl methyl sites for hydroxylation is 2. The number of sulfonamides is 1. The van der Waals surface area contributed by atoms with Crippen molar-refractivity contribution in [3.05, 3.63) is 53.9 Å². The molecule has 0 saturated heterocycles. The summed E-state index contributed by atoms with van der Waals surface area (Å²) >= 11 is 0. The van der Waals surface area contributed by atoms with Gasteiger partial charge in [-0.1, -0.05) is 30.3 Å². The molecule has 146 valence electrons. The predicted octanol–water partition coefficient (Wildman–Crippen LogP) is 2.24.